The number of rotatable bonds is 1. The van der Waals surface area contributed by atoms with Crippen molar-refractivity contribution in [2.24, 2.45) is 0 Å². The molecule has 4 heteroatoms. The topological polar surface area (TPSA) is 50.2 Å². The van der Waals surface area contributed by atoms with Crippen molar-refractivity contribution in [2.45, 2.75) is 11.4 Å². The lowest BCUT2D eigenvalue weighted by molar-refractivity contribution is 0.0695. The fraction of sp³-hybridized carbons (Fsp3) is 0.250. The highest BCUT2D eigenvalue weighted by molar-refractivity contribution is 7.99. The molecule has 0 unspecified atom stereocenters. The molecule has 0 amide bonds. The fourth-order valence-electron chi connectivity index (χ4n) is 1.29. The SMILES string of the molecule is O=C(O)c1ccnc2c1CCS2. The Morgan fingerprint density at radius 2 is 2.50 bits per heavy atom. The lowest BCUT2D eigenvalue weighted by Crippen LogP contribution is -2.02. The molecule has 0 aliphatic carbocycles. The Balaban J connectivity index is 2.56. The van der Waals surface area contributed by atoms with Crippen LogP contribution in [0.3, 0.4) is 0 Å². The van der Waals surface area contributed by atoms with Gasteiger partial charge in [-0.15, -0.1) is 11.8 Å². The number of nitrogens with zero attached hydrogens (tertiary/aromatic N) is 1. The molecule has 0 atom stereocenters. The van der Waals surface area contributed by atoms with Gasteiger partial charge in [0.05, 0.1) is 5.56 Å². The Labute approximate surface area is 73.8 Å². The maximum atomic E-state index is 10.7. The van der Waals surface area contributed by atoms with E-state index in [2.05, 4.69) is 4.98 Å². The molecule has 12 heavy (non-hydrogen) atoms. The monoisotopic (exact) mass is 181 g/mol. The Morgan fingerprint density at radius 3 is 3.25 bits per heavy atom. The first kappa shape index (κ1) is 7.61. The number of hydrogen-bond donors (Lipinski definition) is 1. The molecule has 0 fully saturated rings. The summed E-state index contributed by atoms with van der Waals surface area (Å²) in [7, 11) is 0. The Bertz CT molecular complexity index is 338. The molecule has 0 radical (unpaired) electrons. The zero-order valence-corrected chi connectivity index (χ0v) is 7.10. The van der Waals surface area contributed by atoms with Gasteiger partial charge in [0.1, 0.15) is 5.03 Å². The summed E-state index contributed by atoms with van der Waals surface area (Å²) < 4.78 is 0. The fourth-order valence-corrected chi connectivity index (χ4v) is 2.31. The van der Waals surface area contributed by atoms with Crippen molar-refractivity contribution in [3.63, 3.8) is 0 Å². The molecular weight excluding hydrogens is 174 g/mol. The van der Waals surface area contributed by atoms with Gasteiger partial charge in [-0.1, -0.05) is 0 Å². The van der Waals surface area contributed by atoms with Crippen LogP contribution < -0.4 is 0 Å². The van der Waals surface area contributed by atoms with Crippen LogP contribution in [0, 0.1) is 0 Å². The quantitative estimate of drug-likeness (QED) is 0.712. The molecule has 1 aromatic heterocycles. The van der Waals surface area contributed by atoms with Gasteiger partial charge in [-0.2, -0.15) is 0 Å². The van der Waals surface area contributed by atoms with Gasteiger partial charge >= 0.3 is 5.97 Å². The number of thioether (sulfide) groups is 1. The highest BCUT2D eigenvalue weighted by Crippen LogP contribution is 2.30. The number of fused-ring (bicyclic) bond motifs is 1. The van der Waals surface area contributed by atoms with Crippen LogP contribution in [0.2, 0.25) is 0 Å². The molecule has 2 heterocycles. The summed E-state index contributed by atoms with van der Waals surface area (Å²) in [5.74, 6) is 0.100. The minimum atomic E-state index is -0.851. The molecule has 0 bridgehead atoms. The first-order chi connectivity index (χ1) is 5.79. The van der Waals surface area contributed by atoms with Gasteiger partial charge in [0.2, 0.25) is 0 Å². The predicted molar refractivity (Wildman–Crippen MR) is 45.6 cm³/mol. The number of aromatic carboxylic acids is 1. The zero-order valence-electron chi connectivity index (χ0n) is 6.28. The molecular formula is C8H7NO2S. The molecule has 62 valence electrons. The van der Waals surface area contributed by atoms with Crippen LogP contribution in [-0.2, 0) is 6.42 Å². The van der Waals surface area contributed by atoms with Crippen molar-refractivity contribution < 1.29 is 9.90 Å². The highest BCUT2D eigenvalue weighted by atomic mass is 32.2. The van der Waals surface area contributed by atoms with Crippen molar-refractivity contribution in [3.05, 3.63) is 23.4 Å². The van der Waals surface area contributed by atoms with Gasteiger partial charge in [0.15, 0.2) is 0 Å². The minimum absolute atomic E-state index is 0.407. The van der Waals surface area contributed by atoms with Crippen molar-refractivity contribution in [3.8, 4) is 0 Å². The third kappa shape index (κ3) is 1.08. The number of carboxylic acids is 1. The normalized spacial score (nSPS) is 14.3. The van der Waals surface area contributed by atoms with Gasteiger partial charge < -0.3 is 5.11 Å². The first-order valence-corrected chi connectivity index (χ1v) is 4.61. The van der Waals surface area contributed by atoms with Gasteiger partial charge in [-0.3, -0.25) is 0 Å². The van der Waals surface area contributed by atoms with Crippen molar-refractivity contribution in [1.29, 1.82) is 0 Å². The van der Waals surface area contributed by atoms with Crippen LogP contribution in [-0.4, -0.2) is 21.8 Å². The molecule has 2 rings (SSSR count). The van der Waals surface area contributed by atoms with Crippen molar-refractivity contribution >= 4 is 17.7 Å². The summed E-state index contributed by atoms with van der Waals surface area (Å²) in [4.78, 5) is 14.8. The van der Waals surface area contributed by atoms with Crippen molar-refractivity contribution in [2.75, 3.05) is 5.75 Å². The van der Waals surface area contributed by atoms with Crippen LogP contribution in [0.15, 0.2) is 17.3 Å². The van der Waals surface area contributed by atoms with E-state index in [1.54, 1.807) is 24.0 Å². The van der Waals surface area contributed by atoms with Crippen LogP contribution in [0.5, 0.6) is 0 Å². The Hall–Kier alpha value is -1.03. The van der Waals surface area contributed by atoms with Gasteiger partial charge in [0, 0.05) is 11.9 Å². The summed E-state index contributed by atoms with van der Waals surface area (Å²) in [6.45, 7) is 0. The number of aromatic nitrogens is 1. The van der Waals surface area contributed by atoms with Crippen LogP contribution in [0.4, 0.5) is 0 Å². The number of carbonyl (C=O) groups is 1. The van der Waals surface area contributed by atoms with Gasteiger partial charge in [-0.25, -0.2) is 9.78 Å². The smallest absolute Gasteiger partial charge is 0.336 e. The summed E-state index contributed by atoms with van der Waals surface area (Å²) in [6.07, 6.45) is 2.38. The Kier molecular flexibility index (Phi) is 1.77. The number of hydrogen-bond acceptors (Lipinski definition) is 3. The molecule has 0 aromatic carbocycles. The largest absolute Gasteiger partial charge is 0.478 e. The molecule has 1 aliphatic heterocycles. The second kappa shape index (κ2) is 2.79. The summed E-state index contributed by atoms with van der Waals surface area (Å²) in [6, 6.07) is 1.56. The van der Waals surface area contributed by atoms with E-state index in [0.29, 0.717) is 5.56 Å². The third-order valence-corrected chi connectivity index (χ3v) is 2.87. The van der Waals surface area contributed by atoms with E-state index in [-0.39, 0.29) is 0 Å². The maximum Gasteiger partial charge on any atom is 0.336 e. The summed E-state index contributed by atoms with van der Waals surface area (Å²) in [5.41, 5.74) is 1.31. The second-order valence-corrected chi connectivity index (χ2v) is 3.63. The third-order valence-electron chi connectivity index (χ3n) is 1.84. The highest BCUT2D eigenvalue weighted by Gasteiger charge is 2.19. The van der Waals surface area contributed by atoms with E-state index in [1.807, 2.05) is 0 Å². The molecule has 1 aromatic rings. The standard InChI is InChI=1S/C8H7NO2S/c10-8(11)6-1-3-9-7-5(6)2-4-12-7/h1,3H,2,4H2,(H,10,11). The zero-order chi connectivity index (χ0) is 8.55. The molecule has 0 saturated heterocycles. The van der Waals surface area contributed by atoms with Crippen LogP contribution >= 0.6 is 11.8 Å². The van der Waals surface area contributed by atoms with E-state index >= 15 is 0 Å². The second-order valence-electron chi connectivity index (χ2n) is 2.55. The Morgan fingerprint density at radius 1 is 1.67 bits per heavy atom. The number of carboxylic acid groups (broad SMARTS) is 1. The van der Waals surface area contributed by atoms with Gasteiger partial charge in [-0.05, 0) is 18.1 Å². The van der Waals surface area contributed by atoms with Crippen LogP contribution in [0.25, 0.3) is 0 Å². The predicted octanol–water partition coefficient (Wildman–Crippen LogP) is 1.43. The molecule has 1 N–H and O–H groups in total. The molecule has 3 nitrogen and oxygen atoms in total. The van der Waals surface area contributed by atoms with E-state index in [0.717, 1.165) is 22.8 Å². The van der Waals surface area contributed by atoms with Crippen molar-refractivity contribution in [1.82, 2.24) is 4.98 Å². The minimum Gasteiger partial charge on any atom is -0.478 e. The average molecular weight is 181 g/mol. The van der Waals surface area contributed by atoms with E-state index in [4.69, 9.17) is 5.11 Å². The van der Waals surface area contributed by atoms with E-state index < -0.39 is 5.97 Å². The van der Waals surface area contributed by atoms with Crippen LogP contribution in [0.1, 0.15) is 15.9 Å². The van der Waals surface area contributed by atoms with E-state index in [9.17, 15) is 4.79 Å². The summed E-state index contributed by atoms with van der Waals surface area (Å²) >= 11 is 1.62. The average Bonchev–Trinajstić information content (AvgIpc) is 2.49. The molecule has 1 aliphatic rings. The maximum absolute atomic E-state index is 10.7. The summed E-state index contributed by atoms with van der Waals surface area (Å²) in [5, 5.41) is 9.70. The van der Waals surface area contributed by atoms with Gasteiger partial charge in [0.25, 0.3) is 0 Å². The van der Waals surface area contributed by atoms with E-state index in [1.165, 1.54) is 0 Å². The molecule has 0 saturated carbocycles. The lowest BCUT2D eigenvalue weighted by atomic mass is 10.1. The number of pyridine rings is 1. The first-order valence-electron chi connectivity index (χ1n) is 3.63. The lowest BCUT2D eigenvalue weighted by Gasteiger charge is -2.00. The molecule has 0 spiro atoms.